The molecule has 0 aliphatic carbocycles. The number of carbonyl (C=O) groups excluding carboxylic acids is 1. The molecular weight excluding hydrogens is 316 g/mol. The number of phenolic OH excluding ortho intramolecular Hbond substituents is 3. The van der Waals surface area contributed by atoms with Crippen molar-refractivity contribution in [3.05, 3.63) is 52.9 Å². The van der Waals surface area contributed by atoms with Crippen molar-refractivity contribution in [1.82, 2.24) is 5.32 Å². The van der Waals surface area contributed by atoms with E-state index >= 15 is 0 Å². The summed E-state index contributed by atoms with van der Waals surface area (Å²) in [6.45, 7) is 0. The summed E-state index contributed by atoms with van der Waals surface area (Å²) in [4.78, 5) is 16.7. The van der Waals surface area contributed by atoms with E-state index in [4.69, 9.17) is 0 Å². The fourth-order valence-electron chi connectivity index (χ4n) is 1.91. The van der Waals surface area contributed by atoms with Crippen LogP contribution in [0.5, 0.6) is 17.2 Å². The van der Waals surface area contributed by atoms with Crippen molar-refractivity contribution in [3.8, 4) is 17.2 Å². The first kappa shape index (κ1) is 15.0. The van der Waals surface area contributed by atoms with Gasteiger partial charge in [0.2, 0.25) is 0 Å². The van der Waals surface area contributed by atoms with Crippen LogP contribution in [0.2, 0.25) is 0 Å². The minimum Gasteiger partial charge on any atom is -0.508 e. The van der Waals surface area contributed by atoms with Gasteiger partial charge in [0, 0.05) is 0 Å². The van der Waals surface area contributed by atoms with Crippen LogP contribution in [0.15, 0.2) is 52.4 Å². The van der Waals surface area contributed by atoms with Crippen LogP contribution < -0.4 is 5.32 Å². The fraction of sp³-hybridized carbons (Fsp3) is 0. The molecule has 7 heteroatoms. The summed E-state index contributed by atoms with van der Waals surface area (Å²) in [6.07, 6.45) is 1.60. The number of nitrogens with one attached hydrogen (secondary N) is 1. The summed E-state index contributed by atoms with van der Waals surface area (Å²) < 4.78 is 0. The lowest BCUT2D eigenvalue weighted by molar-refractivity contribution is -0.115. The molecule has 0 spiro atoms. The number of nitrogens with zero attached hydrogens (tertiary/aromatic N) is 1. The molecule has 1 aliphatic rings. The van der Waals surface area contributed by atoms with Crippen LogP contribution in [0.1, 0.15) is 5.56 Å². The highest BCUT2D eigenvalue weighted by atomic mass is 32.2. The summed E-state index contributed by atoms with van der Waals surface area (Å²) in [7, 11) is 0. The van der Waals surface area contributed by atoms with Crippen LogP contribution >= 0.6 is 11.8 Å². The number of benzene rings is 2. The van der Waals surface area contributed by atoms with Crippen LogP contribution in [-0.4, -0.2) is 26.4 Å². The summed E-state index contributed by atoms with van der Waals surface area (Å²) in [5.74, 6) is -0.615. The highest BCUT2D eigenvalue weighted by molar-refractivity contribution is 8.18. The molecule has 1 amide bonds. The molecular formula is C16H12N2O4S. The van der Waals surface area contributed by atoms with Gasteiger partial charge in [-0.3, -0.25) is 4.79 Å². The van der Waals surface area contributed by atoms with Crippen molar-refractivity contribution in [3.63, 3.8) is 0 Å². The van der Waals surface area contributed by atoms with E-state index in [1.165, 1.54) is 36.0 Å². The molecule has 0 atom stereocenters. The lowest BCUT2D eigenvalue weighted by atomic mass is 10.2. The Bertz CT molecular complexity index is 828. The number of phenols is 3. The summed E-state index contributed by atoms with van der Waals surface area (Å²) in [5, 5.41) is 31.1. The third-order valence-corrected chi connectivity index (χ3v) is 3.94. The second-order valence-corrected chi connectivity index (χ2v) is 5.78. The first-order valence-corrected chi connectivity index (χ1v) is 7.43. The zero-order valence-electron chi connectivity index (χ0n) is 11.7. The predicted octanol–water partition coefficient (Wildman–Crippen LogP) is 2.70. The molecule has 1 heterocycles. The highest BCUT2D eigenvalue weighted by Gasteiger charge is 2.23. The van der Waals surface area contributed by atoms with Gasteiger partial charge in [0.25, 0.3) is 5.91 Å². The molecule has 3 rings (SSSR count). The minimum absolute atomic E-state index is 0.143. The number of rotatable bonds is 2. The molecule has 6 nitrogen and oxygen atoms in total. The summed E-state index contributed by atoms with van der Waals surface area (Å²) in [6, 6.07) is 10.6. The van der Waals surface area contributed by atoms with Crippen LogP contribution in [-0.2, 0) is 4.79 Å². The molecule has 1 fully saturated rings. The number of aromatic hydroxyl groups is 3. The topological polar surface area (TPSA) is 102 Å². The van der Waals surface area contributed by atoms with Gasteiger partial charge in [0.1, 0.15) is 5.75 Å². The van der Waals surface area contributed by atoms with Crippen molar-refractivity contribution >= 4 is 34.6 Å². The van der Waals surface area contributed by atoms with Gasteiger partial charge in [-0.05, 0) is 59.8 Å². The second-order valence-electron chi connectivity index (χ2n) is 4.75. The molecule has 4 N–H and O–H groups in total. The molecule has 2 aromatic rings. The number of amidine groups is 1. The maximum atomic E-state index is 12.0. The van der Waals surface area contributed by atoms with Crippen LogP contribution in [0.3, 0.4) is 0 Å². The third kappa shape index (κ3) is 3.46. The maximum absolute atomic E-state index is 12.0. The van der Waals surface area contributed by atoms with Gasteiger partial charge in [-0.1, -0.05) is 6.07 Å². The van der Waals surface area contributed by atoms with Crippen molar-refractivity contribution in [2.24, 2.45) is 4.99 Å². The Hall–Kier alpha value is -2.93. The molecule has 0 unspecified atom stereocenters. The van der Waals surface area contributed by atoms with Crippen molar-refractivity contribution in [2.75, 3.05) is 0 Å². The van der Waals surface area contributed by atoms with Crippen LogP contribution in [0.25, 0.3) is 6.08 Å². The van der Waals surface area contributed by atoms with Gasteiger partial charge >= 0.3 is 0 Å². The number of amides is 1. The largest absolute Gasteiger partial charge is 0.508 e. The zero-order valence-corrected chi connectivity index (χ0v) is 12.5. The molecule has 0 saturated carbocycles. The average Bonchev–Trinajstić information content (AvgIpc) is 2.85. The van der Waals surface area contributed by atoms with Crippen LogP contribution in [0.4, 0.5) is 5.69 Å². The monoisotopic (exact) mass is 328 g/mol. The number of hydrogen-bond acceptors (Lipinski definition) is 6. The number of thioether (sulfide) groups is 1. The molecule has 1 saturated heterocycles. The van der Waals surface area contributed by atoms with E-state index in [0.717, 1.165) is 0 Å². The quantitative estimate of drug-likeness (QED) is 0.501. The molecule has 0 radical (unpaired) electrons. The number of aliphatic imine (C=N–C) groups is 1. The van der Waals surface area contributed by atoms with Gasteiger partial charge < -0.3 is 20.6 Å². The van der Waals surface area contributed by atoms with Gasteiger partial charge in [0.05, 0.1) is 10.6 Å². The Kier molecular flexibility index (Phi) is 3.94. The number of hydrogen-bond donors (Lipinski definition) is 4. The zero-order chi connectivity index (χ0) is 16.4. The van der Waals surface area contributed by atoms with E-state index in [9.17, 15) is 20.1 Å². The SMILES string of the molecule is O=C1NC(=Nc2ccc(O)cc2)SC1=Cc1ccc(O)c(O)c1. The van der Waals surface area contributed by atoms with E-state index in [0.29, 0.717) is 21.3 Å². The molecule has 1 aliphatic heterocycles. The Morgan fingerprint density at radius 1 is 1.00 bits per heavy atom. The van der Waals surface area contributed by atoms with E-state index in [1.807, 2.05) is 0 Å². The Morgan fingerprint density at radius 3 is 2.43 bits per heavy atom. The second kappa shape index (κ2) is 6.05. The molecule has 23 heavy (non-hydrogen) atoms. The highest BCUT2D eigenvalue weighted by Crippen LogP contribution is 2.31. The standard InChI is InChI=1S/C16H12N2O4S/c19-11-4-2-10(3-5-11)17-16-18-15(22)14(23-16)8-9-1-6-12(20)13(21)7-9/h1-8,19-21H,(H,17,18,22). The van der Waals surface area contributed by atoms with Crippen LogP contribution in [0, 0.1) is 0 Å². The Balaban J connectivity index is 1.83. The molecule has 0 bridgehead atoms. The molecule has 116 valence electrons. The first-order chi connectivity index (χ1) is 11.0. The normalized spacial score (nSPS) is 17.7. The van der Waals surface area contributed by atoms with Crippen molar-refractivity contribution in [2.45, 2.75) is 0 Å². The first-order valence-electron chi connectivity index (χ1n) is 6.62. The van der Waals surface area contributed by atoms with E-state index in [2.05, 4.69) is 10.3 Å². The Labute approximate surface area is 135 Å². The molecule has 2 aromatic carbocycles. The molecule has 0 aromatic heterocycles. The third-order valence-electron chi connectivity index (χ3n) is 3.03. The van der Waals surface area contributed by atoms with Crippen molar-refractivity contribution in [1.29, 1.82) is 0 Å². The average molecular weight is 328 g/mol. The lowest BCUT2D eigenvalue weighted by Gasteiger charge is -1.99. The van der Waals surface area contributed by atoms with Gasteiger partial charge in [-0.2, -0.15) is 0 Å². The number of carbonyl (C=O) groups is 1. The van der Waals surface area contributed by atoms with Gasteiger partial charge in [-0.25, -0.2) is 4.99 Å². The predicted molar refractivity (Wildman–Crippen MR) is 88.7 cm³/mol. The summed E-state index contributed by atoms with van der Waals surface area (Å²) >= 11 is 1.17. The smallest absolute Gasteiger partial charge is 0.264 e. The van der Waals surface area contributed by atoms with Gasteiger partial charge in [0.15, 0.2) is 16.7 Å². The van der Waals surface area contributed by atoms with E-state index in [1.54, 1.807) is 24.3 Å². The fourth-order valence-corrected chi connectivity index (χ4v) is 2.75. The lowest BCUT2D eigenvalue weighted by Crippen LogP contribution is -2.19. The van der Waals surface area contributed by atoms with E-state index < -0.39 is 0 Å². The van der Waals surface area contributed by atoms with Gasteiger partial charge in [-0.15, -0.1) is 0 Å². The maximum Gasteiger partial charge on any atom is 0.264 e. The van der Waals surface area contributed by atoms with E-state index in [-0.39, 0.29) is 23.2 Å². The minimum atomic E-state index is -0.292. The summed E-state index contributed by atoms with van der Waals surface area (Å²) in [5.41, 5.74) is 1.19. The Morgan fingerprint density at radius 2 is 1.74 bits per heavy atom. The van der Waals surface area contributed by atoms with Crippen molar-refractivity contribution < 1.29 is 20.1 Å².